The summed E-state index contributed by atoms with van der Waals surface area (Å²) in [6.07, 6.45) is 1.32. The molecule has 0 aliphatic heterocycles. The lowest BCUT2D eigenvalue weighted by atomic mass is 10.2. The number of ether oxygens (including phenoxy) is 2. The van der Waals surface area contributed by atoms with Crippen LogP contribution in [0.1, 0.15) is 20.8 Å². The number of aromatic nitrogens is 2. The Labute approximate surface area is 191 Å². The van der Waals surface area contributed by atoms with Crippen LogP contribution < -0.4 is 9.64 Å². The van der Waals surface area contributed by atoms with Crippen LogP contribution in [0.3, 0.4) is 0 Å². The van der Waals surface area contributed by atoms with Crippen molar-refractivity contribution in [2.45, 2.75) is 26.4 Å². The highest BCUT2D eigenvalue weighted by Crippen LogP contribution is 2.37. The average molecular weight is 463 g/mol. The number of likely N-dealkylation sites (N-methyl/N-ethyl adjacent to an activating group) is 1. The Morgan fingerprint density at radius 1 is 1.19 bits per heavy atom. The smallest absolute Gasteiger partial charge is 0.410 e. The van der Waals surface area contributed by atoms with Gasteiger partial charge in [-0.1, -0.05) is 11.6 Å². The molecule has 0 aliphatic rings. The maximum atomic E-state index is 12.0. The molecule has 3 aromatic heterocycles. The van der Waals surface area contributed by atoms with Crippen molar-refractivity contribution in [3.63, 3.8) is 0 Å². The van der Waals surface area contributed by atoms with Gasteiger partial charge < -0.3 is 19.3 Å². The van der Waals surface area contributed by atoms with E-state index in [1.54, 1.807) is 30.6 Å². The van der Waals surface area contributed by atoms with E-state index in [9.17, 15) is 4.79 Å². The number of halogens is 1. The lowest BCUT2D eigenvalue weighted by Gasteiger charge is -2.24. The lowest BCUT2D eigenvalue weighted by molar-refractivity contribution is 0.0277. The molecule has 0 N–H and O–H groups in total. The van der Waals surface area contributed by atoms with Crippen LogP contribution in [0.2, 0.25) is 5.02 Å². The second-order valence-corrected chi connectivity index (χ2v) is 9.76. The van der Waals surface area contributed by atoms with E-state index in [2.05, 4.69) is 4.98 Å². The minimum absolute atomic E-state index is 0.306. The quantitative estimate of drug-likeness (QED) is 0.493. The number of carbonyl (C=O) groups excluding carboxylic acids is 1. The average Bonchev–Trinajstić information content (AvgIpc) is 3.12. The van der Waals surface area contributed by atoms with Crippen LogP contribution in [0.25, 0.3) is 21.5 Å². The first-order chi connectivity index (χ1) is 14.5. The van der Waals surface area contributed by atoms with Gasteiger partial charge in [-0.3, -0.25) is 0 Å². The summed E-state index contributed by atoms with van der Waals surface area (Å²) in [5.41, 5.74) is 1.94. The third-order valence-corrected chi connectivity index (χ3v) is 6.01. The van der Waals surface area contributed by atoms with Gasteiger partial charge in [0.1, 0.15) is 12.2 Å². The van der Waals surface area contributed by atoms with E-state index in [1.165, 1.54) is 4.90 Å². The van der Waals surface area contributed by atoms with E-state index in [-0.39, 0.29) is 6.09 Å². The van der Waals surface area contributed by atoms with Crippen LogP contribution in [0, 0.1) is 0 Å². The topological polar surface area (TPSA) is 67.8 Å². The third-order valence-electron chi connectivity index (χ3n) is 4.28. The molecule has 3 heterocycles. The van der Waals surface area contributed by atoms with Gasteiger partial charge in [-0.2, -0.15) is 0 Å². The van der Waals surface area contributed by atoms with Gasteiger partial charge >= 0.3 is 6.09 Å². The zero-order valence-corrected chi connectivity index (χ0v) is 20.2. The summed E-state index contributed by atoms with van der Waals surface area (Å²) >= 11 is 8.10. The number of rotatable bonds is 6. The molecule has 1 amide bonds. The normalized spacial score (nSPS) is 11.5. The minimum atomic E-state index is -0.527. The summed E-state index contributed by atoms with van der Waals surface area (Å²) in [6.45, 7) is 6.19. The van der Waals surface area contributed by atoms with E-state index in [0.29, 0.717) is 24.1 Å². The molecule has 0 spiro atoms. The molecule has 0 atom stereocenters. The van der Waals surface area contributed by atoms with Crippen molar-refractivity contribution >= 4 is 44.2 Å². The van der Waals surface area contributed by atoms with E-state index in [4.69, 9.17) is 26.1 Å². The van der Waals surface area contributed by atoms with Gasteiger partial charge in [0.2, 0.25) is 5.88 Å². The molecule has 0 bridgehead atoms. The Hall–Kier alpha value is -2.58. The molecule has 0 aromatic carbocycles. The van der Waals surface area contributed by atoms with Crippen molar-refractivity contribution in [1.82, 2.24) is 14.9 Å². The van der Waals surface area contributed by atoms with Crippen molar-refractivity contribution in [1.29, 1.82) is 0 Å². The van der Waals surface area contributed by atoms with Crippen LogP contribution in [-0.4, -0.2) is 60.9 Å². The Kier molecular flexibility index (Phi) is 6.91. The maximum Gasteiger partial charge on any atom is 0.410 e. The van der Waals surface area contributed by atoms with Crippen LogP contribution in [0.5, 0.6) is 5.88 Å². The van der Waals surface area contributed by atoms with Crippen molar-refractivity contribution in [3.05, 3.63) is 35.5 Å². The number of thiophene rings is 1. The highest BCUT2D eigenvalue weighted by molar-refractivity contribution is 7.23. The third kappa shape index (κ3) is 5.98. The predicted molar refractivity (Wildman–Crippen MR) is 127 cm³/mol. The van der Waals surface area contributed by atoms with Crippen LogP contribution in [-0.2, 0) is 4.74 Å². The van der Waals surface area contributed by atoms with Crippen molar-refractivity contribution < 1.29 is 14.3 Å². The predicted octanol–water partition coefficient (Wildman–Crippen LogP) is 5.32. The largest absolute Gasteiger partial charge is 0.476 e. The Bertz CT molecular complexity index is 1060. The Balaban J connectivity index is 1.63. The molecule has 3 rings (SSSR count). The van der Waals surface area contributed by atoms with Gasteiger partial charge in [-0.25, -0.2) is 14.8 Å². The molecule has 7 nitrogen and oxygen atoms in total. The van der Waals surface area contributed by atoms with Gasteiger partial charge in [0.05, 0.1) is 32.5 Å². The fourth-order valence-corrected chi connectivity index (χ4v) is 3.92. The molecular weight excluding hydrogens is 436 g/mol. The highest BCUT2D eigenvalue weighted by atomic mass is 35.5. The monoisotopic (exact) mass is 462 g/mol. The summed E-state index contributed by atoms with van der Waals surface area (Å²) in [5, 5.41) is 1.77. The van der Waals surface area contributed by atoms with Gasteiger partial charge in [-0.15, -0.1) is 11.3 Å². The second-order valence-electron chi connectivity index (χ2n) is 8.32. The first-order valence-corrected chi connectivity index (χ1v) is 11.0. The fraction of sp³-hybridized carbons (Fsp3) is 0.409. The van der Waals surface area contributed by atoms with E-state index < -0.39 is 5.60 Å². The molecule has 31 heavy (non-hydrogen) atoms. The maximum absolute atomic E-state index is 12.0. The summed E-state index contributed by atoms with van der Waals surface area (Å²) in [6, 6.07) is 7.56. The van der Waals surface area contributed by atoms with E-state index in [0.717, 1.165) is 26.5 Å². The number of hydrogen-bond acceptors (Lipinski definition) is 7. The molecule has 0 radical (unpaired) electrons. The molecule has 9 heteroatoms. The number of hydrogen-bond donors (Lipinski definition) is 0. The summed E-state index contributed by atoms with van der Waals surface area (Å²) in [4.78, 5) is 24.6. The van der Waals surface area contributed by atoms with E-state index in [1.807, 2.05) is 58.0 Å². The van der Waals surface area contributed by atoms with Crippen LogP contribution in [0.4, 0.5) is 9.80 Å². The van der Waals surface area contributed by atoms with Crippen molar-refractivity contribution in [2.75, 3.05) is 39.2 Å². The van der Waals surface area contributed by atoms with Crippen LogP contribution >= 0.6 is 22.9 Å². The number of carbonyl (C=O) groups is 1. The van der Waals surface area contributed by atoms with Crippen LogP contribution in [0.15, 0.2) is 30.5 Å². The van der Waals surface area contributed by atoms with Gasteiger partial charge in [0.15, 0.2) is 0 Å². The summed E-state index contributed by atoms with van der Waals surface area (Å²) in [7, 11) is 5.66. The van der Waals surface area contributed by atoms with Gasteiger partial charge in [-0.05, 0) is 39.0 Å². The zero-order chi connectivity index (χ0) is 22.8. The van der Waals surface area contributed by atoms with Crippen molar-refractivity contribution in [2.24, 2.45) is 0 Å². The fourth-order valence-electron chi connectivity index (χ4n) is 2.67. The Morgan fingerprint density at radius 3 is 2.55 bits per heavy atom. The number of amides is 1. The molecule has 0 unspecified atom stereocenters. The Morgan fingerprint density at radius 2 is 1.94 bits per heavy atom. The highest BCUT2D eigenvalue weighted by Gasteiger charge is 2.19. The molecule has 0 fully saturated rings. The molecule has 3 aromatic rings. The molecular formula is C22H27ClN4O3S. The number of pyridine rings is 2. The number of fused-ring (bicyclic) bond motifs is 1. The van der Waals surface area contributed by atoms with Gasteiger partial charge in [0, 0.05) is 39.0 Å². The van der Waals surface area contributed by atoms with E-state index >= 15 is 0 Å². The molecule has 0 saturated heterocycles. The first-order valence-electron chi connectivity index (χ1n) is 9.84. The number of nitrogens with zero attached hydrogens (tertiary/aromatic N) is 4. The lowest BCUT2D eigenvalue weighted by Crippen LogP contribution is -2.36. The zero-order valence-electron chi connectivity index (χ0n) is 18.6. The molecule has 166 valence electrons. The standard InChI is InChI=1S/C22H27ClN4O3S/c1-22(2,3)30-21(28)27(6)9-10-29-18-8-7-14(13-24-18)16-11-15(23)20-17(25-16)12-19(31-20)26(4)5/h7-8,11-13H,9-10H2,1-6H3. The minimum Gasteiger partial charge on any atom is -0.476 e. The summed E-state index contributed by atoms with van der Waals surface area (Å²) < 4.78 is 11.9. The second kappa shape index (κ2) is 9.28. The molecule has 0 saturated carbocycles. The number of anilines is 1. The summed E-state index contributed by atoms with van der Waals surface area (Å²) in [5.74, 6) is 0.471. The van der Waals surface area contributed by atoms with Gasteiger partial charge in [0.25, 0.3) is 0 Å². The first kappa shape index (κ1) is 23.1. The van der Waals surface area contributed by atoms with Crippen molar-refractivity contribution in [3.8, 4) is 17.1 Å². The molecule has 0 aliphatic carbocycles. The SMILES string of the molecule is CN(CCOc1ccc(-c2cc(Cl)c3sc(N(C)C)cc3n2)cn1)C(=O)OC(C)(C)C.